The molecule has 0 unspecified atom stereocenters. The summed E-state index contributed by atoms with van der Waals surface area (Å²) in [6.07, 6.45) is 2.08. The molecule has 1 spiro atoms. The standard InChI is InChI=1S/C14H18N2O2/c1-18-11-4-2-3-10-12(11)14(9-16-13(10)17)5-7-15-8-6-14/h2-4,15H,5-9H2,1H3,(H,16,17). The fourth-order valence-electron chi connectivity index (χ4n) is 3.20. The van der Waals surface area contributed by atoms with Gasteiger partial charge in [-0.05, 0) is 38.1 Å². The second-order valence-electron chi connectivity index (χ2n) is 5.10. The molecule has 1 aromatic carbocycles. The Balaban J connectivity index is 2.17. The van der Waals surface area contributed by atoms with E-state index in [4.69, 9.17) is 4.74 Å². The molecular formula is C14H18N2O2. The zero-order valence-corrected chi connectivity index (χ0v) is 10.6. The molecule has 0 saturated carbocycles. The number of nitrogens with one attached hydrogen (secondary N) is 2. The lowest BCUT2D eigenvalue weighted by Crippen LogP contribution is -2.52. The predicted molar refractivity (Wildman–Crippen MR) is 69.1 cm³/mol. The van der Waals surface area contributed by atoms with Crippen molar-refractivity contribution in [2.45, 2.75) is 18.3 Å². The normalized spacial score (nSPS) is 21.3. The van der Waals surface area contributed by atoms with Gasteiger partial charge in [-0.1, -0.05) is 6.07 Å². The van der Waals surface area contributed by atoms with E-state index in [1.54, 1.807) is 7.11 Å². The summed E-state index contributed by atoms with van der Waals surface area (Å²) in [4.78, 5) is 12.0. The first-order chi connectivity index (χ1) is 8.77. The molecule has 2 aliphatic heterocycles. The third-order valence-corrected chi connectivity index (χ3v) is 4.17. The lowest BCUT2D eigenvalue weighted by molar-refractivity contribution is 0.0912. The SMILES string of the molecule is COc1cccc2c1C1(CCNCC1)CNC2=O. The molecule has 3 rings (SSSR count). The summed E-state index contributed by atoms with van der Waals surface area (Å²) in [5.41, 5.74) is 1.93. The summed E-state index contributed by atoms with van der Waals surface area (Å²) < 4.78 is 5.49. The van der Waals surface area contributed by atoms with Crippen molar-refractivity contribution in [1.82, 2.24) is 10.6 Å². The van der Waals surface area contributed by atoms with Gasteiger partial charge in [-0.3, -0.25) is 4.79 Å². The fraction of sp³-hybridized carbons (Fsp3) is 0.500. The van der Waals surface area contributed by atoms with Crippen LogP contribution in [-0.4, -0.2) is 32.7 Å². The smallest absolute Gasteiger partial charge is 0.251 e. The molecule has 4 heteroatoms. The van der Waals surface area contributed by atoms with Gasteiger partial charge in [0.1, 0.15) is 5.75 Å². The number of carbonyl (C=O) groups excluding carboxylic acids is 1. The molecular weight excluding hydrogens is 228 g/mol. The topological polar surface area (TPSA) is 50.4 Å². The van der Waals surface area contributed by atoms with Crippen molar-refractivity contribution >= 4 is 5.91 Å². The summed E-state index contributed by atoms with van der Waals surface area (Å²) in [5.74, 6) is 0.873. The van der Waals surface area contributed by atoms with Crippen LogP contribution in [0.4, 0.5) is 0 Å². The van der Waals surface area contributed by atoms with Gasteiger partial charge in [-0.25, -0.2) is 0 Å². The molecule has 1 aromatic rings. The number of carbonyl (C=O) groups is 1. The highest BCUT2D eigenvalue weighted by Crippen LogP contribution is 2.42. The lowest BCUT2D eigenvalue weighted by Gasteiger charge is -2.42. The predicted octanol–water partition coefficient (Wildman–Crippen LogP) is 1.06. The average Bonchev–Trinajstić information content (AvgIpc) is 2.44. The lowest BCUT2D eigenvalue weighted by atomic mass is 9.69. The van der Waals surface area contributed by atoms with E-state index >= 15 is 0 Å². The molecule has 0 bridgehead atoms. The molecule has 2 aliphatic rings. The molecule has 1 amide bonds. The van der Waals surface area contributed by atoms with Gasteiger partial charge in [0.05, 0.1) is 7.11 Å². The Bertz CT molecular complexity index is 479. The van der Waals surface area contributed by atoms with Gasteiger partial charge in [0.25, 0.3) is 5.91 Å². The van der Waals surface area contributed by atoms with E-state index in [1.165, 1.54) is 0 Å². The van der Waals surface area contributed by atoms with Crippen molar-refractivity contribution in [2.75, 3.05) is 26.7 Å². The monoisotopic (exact) mass is 246 g/mol. The highest BCUT2D eigenvalue weighted by Gasteiger charge is 2.42. The van der Waals surface area contributed by atoms with Crippen molar-refractivity contribution in [3.05, 3.63) is 29.3 Å². The highest BCUT2D eigenvalue weighted by molar-refractivity contribution is 5.98. The van der Waals surface area contributed by atoms with Gasteiger partial charge >= 0.3 is 0 Å². The van der Waals surface area contributed by atoms with Gasteiger partial charge < -0.3 is 15.4 Å². The van der Waals surface area contributed by atoms with Crippen molar-refractivity contribution < 1.29 is 9.53 Å². The number of piperidine rings is 1. The average molecular weight is 246 g/mol. The van der Waals surface area contributed by atoms with Gasteiger partial charge in [-0.2, -0.15) is 0 Å². The highest BCUT2D eigenvalue weighted by atomic mass is 16.5. The van der Waals surface area contributed by atoms with Gasteiger partial charge in [-0.15, -0.1) is 0 Å². The van der Waals surface area contributed by atoms with Gasteiger partial charge in [0.2, 0.25) is 0 Å². The van der Waals surface area contributed by atoms with Crippen molar-refractivity contribution in [3.63, 3.8) is 0 Å². The van der Waals surface area contributed by atoms with Crippen LogP contribution in [0.15, 0.2) is 18.2 Å². The number of hydrogen-bond donors (Lipinski definition) is 2. The van der Waals surface area contributed by atoms with E-state index in [9.17, 15) is 4.79 Å². The van der Waals surface area contributed by atoms with Crippen LogP contribution in [-0.2, 0) is 5.41 Å². The summed E-state index contributed by atoms with van der Waals surface area (Å²) in [6.45, 7) is 2.71. The van der Waals surface area contributed by atoms with Crippen molar-refractivity contribution in [3.8, 4) is 5.75 Å². The Morgan fingerprint density at radius 1 is 1.28 bits per heavy atom. The summed E-state index contributed by atoms with van der Waals surface area (Å²) >= 11 is 0. The summed E-state index contributed by atoms with van der Waals surface area (Å²) in [6, 6.07) is 5.74. The van der Waals surface area contributed by atoms with Crippen LogP contribution >= 0.6 is 0 Å². The molecule has 4 nitrogen and oxygen atoms in total. The Labute approximate surface area is 107 Å². The molecule has 96 valence electrons. The van der Waals surface area contributed by atoms with Gasteiger partial charge in [0.15, 0.2) is 0 Å². The quantitative estimate of drug-likeness (QED) is 0.779. The van der Waals surface area contributed by atoms with E-state index in [2.05, 4.69) is 10.6 Å². The summed E-state index contributed by atoms with van der Waals surface area (Å²) in [7, 11) is 1.68. The van der Waals surface area contributed by atoms with E-state index in [0.717, 1.165) is 49.4 Å². The first-order valence-corrected chi connectivity index (χ1v) is 6.43. The molecule has 1 saturated heterocycles. The Morgan fingerprint density at radius 2 is 2.06 bits per heavy atom. The molecule has 0 atom stereocenters. The number of hydrogen-bond acceptors (Lipinski definition) is 3. The van der Waals surface area contributed by atoms with Crippen LogP contribution < -0.4 is 15.4 Å². The third-order valence-electron chi connectivity index (χ3n) is 4.17. The second kappa shape index (κ2) is 4.28. The van der Waals surface area contributed by atoms with E-state index < -0.39 is 0 Å². The van der Waals surface area contributed by atoms with Crippen LogP contribution in [0.2, 0.25) is 0 Å². The van der Waals surface area contributed by atoms with Crippen LogP contribution in [0, 0.1) is 0 Å². The molecule has 0 aliphatic carbocycles. The van der Waals surface area contributed by atoms with Crippen molar-refractivity contribution in [2.24, 2.45) is 0 Å². The molecule has 18 heavy (non-hydrogen) atoms. The zero-order valence-electron chi connectivity index (χ0n) is 10.6. The number of fused-ring (bicyclic) bond motifs is 2. The number of ether oxygens (including phenoxy) is 1. The minimum Gasteiger partial charge on any atom is -0.496 e. The molecule has 2 heterocycles. The maximum Gasteiger partial charge on any atom is 0.251 e. The van der Waals surface area contributed by atoms with Crippen molar-refractivity contribution in [1.29, 1.82) is 0 Å². The molecule has 2 N–H and O–H groups in total. The van der Waals surface area contributed by atoms with Gasteiger partial charge in [0, 0.05) is 23.1 Å². The summed E-state index contributed by atoms with van der Waals surface area (Å²) in [5, 5.41) is 6.41. The minimum atomic E-state index is 0.0213. The second-order valence-corrected chi connectivity index (χ2v) is 5.10. The Hall–Kier alpha value is -1.55. The first kappa shape index (κ1) is 11.5. The minimum absolute atomic E-state index is 0.0213. The van der Waals surface area contributed by atoms with E-state index in [0.29, 0.717) is 0 Å². The van der Waals surface area contributed by atoms with Crippen LogP contribution in [0.3, 0.4) is 0 Å². The number of benzene rings is 1. The Morgan fingerprint density at radius 3 is 2.78 bits per heavy atom. The zero-order chi connectivity index (χ0) is 12.6. The van der Waals surface area contributed by atoms with E-state index in [-0.39, 0.29) is 11.3 Å². The molecule has 0 aromatic heterocycles. The maximum atomic E-state index is 12.0. The molecule has 0 radical (unpaired) electrons. The molecule has 1 fully saturated rings. The van der Waals surface area contributed by atoms with E-state index in [1.807, 2.05) is 18.2 Å². The van der Waals surface area contributed by atoms with Crippen LogP contribution in [0.1, 0.15) is 28.8 Å². The maximum absolute atomic E-state index is 12.0. The largest absolute Gasteiger partial charge is 0.496 e. The Kier molecular flexibility index (Phi) is 2.74. The van der Waals surface area contributed by atoms with Crippen LogP contribution in [0.5, 0.6) is 5.75 Å². The van der Waals surface area contributed by atoms with Crippen LogP contribution in [0.25, 0.3) is 0 Å². The third kappa shape index (κ3) is 1.60. The first-order valence-electron chi connectivity index (χ1n) is 6.43. The fourth-order valence-corrected chi connectivity index (χ4v) is 3.20. The number of amides is 1. The number of methoxy groups -OCH3 is 1. The number of rotatable bonds is 1.